The van der Waals surface area contributed by atoms with Crippen LogP contribution in [0.5, 0.6) is 5.88 Å². The first kappa shape index (κ1) is 18.5. The first-order valence-corrected chi connectivity index (χ1v) is 8.29. The van der Waals surface area contributed by atoms with Gasteiger partial charge in [-0.1, -0.05) is 11.6 Å². The molecule has 0 bridgehead atoms. The Balaban J connectivity index is 1.70. The number of alkyl halides is 3. The zero-order valence-electron chi connectivity index (χ0n) is 13.8. The van der Waals surface area contributed by atoms with Gasteiger partial charge < -0.3 is 10.1 Å². The van der Waals surface area contributed by atoms with Crippen molar-refractivity contribution in [2.75, 3.05) is 11.9 Å². The molecule has 2 aromatic heterocycles. The minimum Gasteiger partial charge on any atom is -0.467 e. The minimum atomic E-state index is -4.50. The van der Waals surface area contributed by atoms with Crippen LogP contribution in [0.2, 0.25) is 5.02 Å². The molecule has 26 heavy (non-hydrogen) atoms. The van der Waals surface area contributed by atoms with Crippen LogP contribution in [0, 0.1) is 12.8 Å². The van der Waals surface area contributed by atoms with Gasteiger partial charge in [-0.25, -0.2) is 9.67 Å². The summed E-state index contributed by atoms with van der Waals surface area (Å²) >= 11 is 5.87. The molecule has 0 unspecified atom stereocenters. The Labute approximate surface area is 152 Å². The van der Waals surface area contributed by atoms with Gasteiger partial charge in [0.25, 0.3) is 5.91 Å². The van der Waals surface area contributed by atoms with E-state index in [4.69, 9.17) is 11.6 Å². The first-order valence-electron chi connectivity index (χ1n) is 7.92. The number of carbonyl (C=O) groups excluding carboxylic acids is 1. The predicted octanol–water partition coefficient (Wildman–Crippen LogP) is 3.84. The van der Waals surface area contributed by atoms with E-state index in [0.717, 1.165) is 31.1 Å². The Morgan fingerprint density at radius 2 is 2.15 bits per heavy atom. The van der Waals surface area contributed by atoms with Gasteiger partial charge in [-0.15, -0.1) is 0 Å². The summed E-state index contributed by atoms with van der Waals surface area (Å²) in [6.45, 7) is 1.04. The van der Waals surface area contributed by atoms with Crippen molar-refractivity contribution >= 4 is 23.3 Å². The van der Waals surface area contributed by atoms with E-state index in [-0.39, 0.29) is 16.5 Å². The van der Waals surface area contributed by atoms with E-state index in [1.165, 1.54) is 6.07 Å². The number of ether oxygens (including phenoxy) is 1. The van der Waals surface area contributed by atoms with Gasteiger partial charge in [-0.05, 0) is 31.7 Å². The molecule has 0 atom stereocenters. The third-order valence-electron chi connectivity index (χ3n) is 3.82. The summed E-state index contributed by atoms with van der Waals surface area (Å²) in [5.41, 5.74) is 0.913. The van der Waals surface area contributed by atoms with Crippen molar-refractivity contribution in [1.82, 2.24) is 14.8 Å². The number of aromatic nitrogens is 3. The van der Waals surface area contributed by atoms with E-state index in [0.29, 0.717) is 11.7 Å². The van der Waals surface area contributed by atoms with E-state index in [1.807, 2.05) is 6.92 Å². The second-order valence-electron chi connectivity index (χ2n) is 6.17. The molecule has 6 nitrogen and oxygen atoms in total. The van der Waals surface area contributed by atoms with Crippen molar-refractivity contribution in [3.05, 3.63) is 34.6 Å². The lowest BCUT2D eigenvalue weighted by molar-refractivity contribution is -0.154. The Kier molecular flexibility index (Phi) is 5.08. The van der Waals surface area contributed by atoms with Gasteiger partial charge in [0, 0.05) is 18.3 Å². The van der Waals surface area contributed by atoms with Gasteiger partial charge in [0.1, 0.15) is 10.8 Å². The molecule has 3 rings (SSSR count). The average molecular weight is 389 g/mol. The predicted molar refractivity (Wildman–Crippen MR) is 88.4 cm³/mol. The van der Waals surface area contributed by atoms with Crippen LogP contribution in [0.3, 0.4) is 0 Å². The fraction of sp³-hybridized carbons (Fsp3) is 0.438. The number of amides is 1. The summed E-state index contributed by atoms with van der Waals surface area (Å²) in [6.07, 6.45) is 0.566. The maximum absolute atomic E-state index is 12.4. The number of nitrogens with zero attached hydrogens (tertiary/aromatic N) is 3. The van der Waals surface area contributed by atoms with Crippen LogP contribution in [0.1, 0.15) is 28.8 Å². The molecular weight excluding hydrogens is 373 g/mol. The molecule has 1 fully saturated rings. The maximum atomic E-state index is 12.4. The number of hydrogen-bond acceptors (Lipinski definition) is 4. The highest BCUT2D eigenvalue weighted by Gasteiger charge is 2.29. The number of hydrogen-bond donors (Lipinski definition) is 1. The van der Waals surface area contributed by atoms with Crippen molar-refractivity contribution in [3.8, 4) is 5.88 Å². The number of aryl methyl sites for hydroxylation is 1. The Morgan fingerprint density at radius 1 is 1.42 bits per heavy atom. The molecule has 0 aliphatic heterocycles. The number of halogens is 4. The van der Waals surface area contributed by atoms with E-state index in [1.54, 1.807) is 10.9 Å². The lowest BCUT2D eigenvalue weighted by Gasteiger charge is -2.12. The van der Waals surface area contributed by atoms with Crippen LogP contribution in [0.25, 0.3) is 0 Å². The van der Waals surface area contributed by atoms with Crippen LogP contribution in [0.4, 0.5) is 19.0 Å². The molecule has 1 amide bonds. The standard InChI is InChI=1S/C16H16ClF3N4O2/c1-9-5-22-24(7-10-2-3-10)13(9)23-14(25)11-4-12(17)15(21-6-11)26-8-16(18,19)20/h4-6,10H,2-3,7-8H2,1H3,(H,23,25). The summed E-state index contributed by atoms with van der Waals surface area (Å²) in [5, 5.41) is 6.83. The van der Waals surface area contributed by atoms with Gasteiger partial charge in [0.05, 0.1) is 11.8 Å². The summed E-state index contributed by atoms with van der Waals surface area (Å²) in [4.78, 5) is 16.1. The third-order valence-corrected chi connectivity index (χ3v) is 4.10. The second-order valence-corrected chi connectivity index (χ2v) is 6.58. The van der Waals surface area contributed by atoms with Crippen LogP contribution < -0.4 is 10.1 Å². The van der Waals surface area contributed by atoms with Crippen LogP contribution in [0.15, 0.2) is 18.5 Å². The summed E-state index contributed by atoms with van der Waals surface area (Å²) in [6, 6.07) is 1.21. The molecule has 0 spiro atoms. The number of nitrogens with one attached hydrogen (secondary N) is 1. The fourth-order valence-electron chi connectivity index (χ4n) is 2.31. The molecule has 140 valence electrons. The monoisotopic (exact) mass is 388 g/mol. The van der Waals surface area contributed by atoms with Crippen molar-refractivity contribution in [3.63, 3.8) is 0 Å². The van der Waals surface area contributed by atoms with Gasteiger partial charge in [0.15, 0.2) is 6.61 Å². The SMILES string of the molecule is Cc1cnn(CC2CC2)c1NC(=O)c1cnc(OCC(F)(F)F)c(Cl)c1. The molecule has 1 aliphatic carbocycles. The molecule has 2 heterocycles. The lowest BCUT2D eigenvalue weighted by Crippen LogP contribution is -2.20. The van der Waals surface area contributed by atoms with E-state index in [9.17, 15) is 18.0 Å². The summed E-state index contributed by atoms with van der Waals surface area (Å²) in [7, 11) is 0. The molecule has 1 N–H and O–H groups in total. The Hall–Kier alpha value is -2.29. The molecule has 1 saturated carbocycles. The zero-order chi connectivity index (χ0) is 18.9. The highest BCUT2D eigenvalue weighted by atomic mass is 35.5. The number of rotatable bonds is 6. The van der Waals surface area contributed by atoms with Gasteiger partial charge in [-0.2, -0.15) is 18.3 Å². The Morgan fingerprint density at radius 3 is 2.77 bits per heavy atom. The number of pyridine rings is 1. The van der Waals surface area contributed by atoms with Gasteiger partial charge in [0.2, 0.25) is 5.88 Å². The maximum Gasteiger partial charge on any atom is 0.422 e. The molecular formula is C16H16ClF3N4O2. The van der Waals surface area contributed by atoms with E-state index < -0.39 is 18.7 Å². The molecule has 0 saturated heterocycles. The van der Waals surface area contributed by atoms with Crippen LogP contribution in [-0.4, -0.2) is 33.5 Å². The molecule has 2 aromatic rings. The largest absolute Gasteiger partial charge is 0.467 e. The molecule has 1 aliphatic rings. The molecule has 0 radical (unpaired) electrons. The topological polar surface area (TPSA) is 69.0 Å². The zero-order valence-corrected chi connectivity index (χ0v) is 14.6. The average Bonchev–Trinajstić information content (AvgIpc) is 3.32. The fourth-order valence-corrected chi connectivity index (χ4v) is 2.53. The minimum absolute atomic E-state index is 0.105. The molecule has 0 aromatic carbocycles. The van der Waals surface area contributed by atoms with Gasteiger partial charge in [-0.3, -0.25) is 4.79 Å². The molecule has 10 heteroatoms. The van der Waals surface area contributed by atoms with E-state index in [2.05, 4.69) is 20.1 Å². The second kappa shape index (κ2) is 7.14. The first-order chi connectivity index (χ1) is 12.2. The summed E-state index contributed by atoms with van der Waals surface area (Å²) < 4.78 is 42.8. The van der Waals surface area contributed by atoms with Crippen molar-refractivity contribution in [2.24, 2.45) is 5.92 Å². The van der Waals surface area contributed by atoms with E-state index >= 15 is 0 Å². The Bertz CT molecular complexity index is 818. The van der Waals surface area contributed by atoms with Crippen LogP contribution >= 0.6 is 11.6 Å². The highest BCUT2D eigenvalue weighted by Crippen LogP contribution is 2.32. The smallest absolute Gasteiger partial charge is 0.422 e. The highest BCUT2D eigenvalue weighted by molar-refractivity contribution is 6.32. The quantitative estimate of drug-likeness (QED) is 0.816. The van der Waals surface area contributed by atoms with Gasteiger partial charge >= 0.3 is 6.18 Å². The van der Waals surface area contributed by atoms with Crippen molar-refractivity contribution < 1.29 is 22.7 Å². The van der Waals surface area contributed by atoms with Crippen molar-refractivity contribution in [1.29, 1.82) is 0 Å². The van der Waals surface area contributed by atoms with Crippen LogP contribution in [-0.2, 0) is 6.54 Å². The van der Waals surface area contributed by atoms with Crippen molar-refractivity contribution in [2.45, 2.75) is 32.5 Å². The number of anilines is 1. The third kappa shape index (κ3) is 4.66. The number of carbonyl (C=O) groups is 1. The summed E-state index contributed by atoms with van der Waals surface area (Å²) in [5.74, 6) is 0.291. The normalized spacial score (nSPS) is 14.3. The lowest BCUT2D eigenvalue weighted by atomic mass is 10.2.